The van der Waals surface area contributed by atoms with Crippen molar-refractivity contribution in [2.24, 2.45) is 5.41 Å². The Bertz CT molecular complexity index is 413. The monoisotopic (exact) mass is 250 g/mol. The number of benzene rings is 1. The summed E-state index contributed by atoms with van der Waals surface area (Å²) in [6.07, 6.45) is 3.22. The van der Waals surface area contributed by atoms with E-state index in [-0.39, 0.29) is 12.3 Å². The average Bonchev–Trinajstić information content (AvgIpc) is 3.10. The van der Waals surface area contributed by atoms with Crippen molar-refractivity contribution in [3.05, 3.63) is 39.9 Å². The van der Waals surface area contributed by atoms with Gasteiger partial charge in [0, 0.05) is 31.8 Å². The van der Waals surface area contributed by atoms with E-state index in [0.29, 0.717) is 12.0 Å². The molecule has 0 aromatic heterocycles. The number of non-ortho nitro benzene ring substituents is 1. The van der Waals surface area contributed by atoms with Crippen LogP contribution in [0.2, 0.25) is 0 Å². The summed E-state index contributed by atoms with van der Waals surface area (Å²) in [4.78, 5) is 10.1. The van der Waals surface area contributed by atoms with Crippen LogP contribution in [0, 0.1) is 15.5 Å². The maximum absolute atomic E-state index is 10.5. The summed E-state index contributed by atoms with van der Waals surface area (Å²) in [5, 5.41) is 22.8. The molecule has 98 valence electrons. The number of hydrogen-bond acceptors (Lipinski definition) is 4. The van der Waals surface area contributed by atoms with E-state index in [1.54, 1.807) is 12.1 Å². The highest BCUT2D eigenvalue weighted by atomic mass is 16.6. The van der Waals surface area contributed by atoms with Crippen LogP contribution < -0.4 is 5.32 Å². The first-order valence-electron chi connectivity index (χ1n) is 6.20. The van der Waals surface area contributed by atoms with E-state index >= 15 is 0 Å². The van der Waals surface area contributed by atoms with Gasteiger partial charge in [0.2, 0.25) is 0 Å². The molecule has 1 aromatic carbocycles. The van der Waals surface area contributed by atoms with Crippen molar-refractivity contribution in [2.75, 3.05) is 13.2 Å². The predicted octanol–water partition coefficient (Wildman–Crippen LogP) is 1.85. The lowest BCUT2D eigenvalue weighted by Gasteiger charge is -2.14. The molecule has 0 amide bonds. The third-order valence-electron chi connectivity index (χ3n) is 3.58. The van der Waals surface area contributed by atoms with Crippen LogP contribution in [0.5, 0.6) is 0 Å². The number of nitro benzene ring substituents is 1. The van der Waals surface area contributed by atoms with Gasteiger partial charge in [0.1, 0.15) is 0 Å². The summed E-state index contributed by atoms with van der Waals surface area (Å²) >= 11 is 0. The van der Waals surface area contributed by atoms with Gasteiger partial charge in [-0.25, -0.2) is 0 Å². The van der Waals surface area contributed by atoms with Crippen molar-refractivity contribution >= 4 is 5.69 Å². The second kappa shape index (κ2) is 5.46. The van der Waals surface area contributed by atoms with E-state index in [0.717, 1.165) is 18.5 Å². The predicted molar refractivity (Wildman–Crippen MR) is 68.2 cm³/mol. The standard InChI is InChI=1S/C13H18N2O3/c16-8-7-13(5-6-13)10-14-9-11-1-3-12(4-2-11)15(17)18/h1-4,14,16H,5-10H2. The summed E-state index contributed by atoms with van der Waals surface area (Å²) in [5.74, 6) is 0. The largest absolute Gasteiger partial charge is 0.396 e. The van der Waals surface area contributed by atoms with Crippen LogP contribution in [0.25, 0.3) is 0 Å². The number of rotatable bonds is 7. The fourth-order valence-electron chi connectivity index (χ4n) is 2.14. The molecule has 0 radical (unpaired) electrons. The van der Waals surface area contributed by atoms with E-state index in [9.17, 15) is 10.1 Å². The van der Waals surface area contributed by atoms with Crippen molar-refractivity contribution in [1.82, 2.24) is 5.32 Å². The Morgan fingerprint density at radius 3 is 2.50 bits per heavy atom. The fourth-order valence-corrected chi connectivity index (χ4v) is 2.14. The number of nitrogens with one attached hydrogen (secondary N) is 1. The Morgan fingerprint density at radius 1 is 1.33 bits per heavy atom. The molecule has 0 unspecified atom stereocenters. The molecule has 1 aliphatic carbocycles. The SMILES string of the molecule is O=[N+]([O-])c1ccc(CNCC2(CCO)CC2)cc1. The minimum Gasteiger partial charge on any atom is -0.396 e. The molecule has 0 bridgehead atoms. The number of aliphatic hydroxyl groups excluding tert-OH is 1. The van der Waals surface area contributed by atoms with E-state index in [2.05, 4.69) is 5.32 Å². The molecule has 5 heteroatoms. The van der Waals surface area contributed by atoms with Gasteiger partial charge < -0.3 is 10.4 Å². The van der Waals surface area contributed by atoms with Crippen molar-refractivity contribution in [2.45, 2.75) is 25.8 Å². The highest BCUT2D eigenvalue weighted by Crippen LogP contribution is 2.47. The Balaban J connectivity index is 1.78. The number of hydrogen-bond donors (Lipinski definition) is 2. The summed E-state index contributed by atoms with van der Waals surface area (Å²) in [6.45, 7) is 1.87. The second-order valence-corrected chi connectivity index (χ2v) is 5.00. The molecular formula is C13H18N2O3. The molecule has 2 rings (SSSR count). The van der Waals surface area contributed by atoms with Crippen LogP contribution in [0.15, 0.2) is 24.3 Å². The lowest BCUT2D eigenvalue weighted by molar-refractivity contribution is -0.384. The molecule has 1 aromatic rings. The second-order valence-electron chi connectivity index (χ2n) is 5.00. The van der Waals surface area contributed by atoms with Crippen LogP contribution in [-0.4, -0.2) is 23.2 Å². The molecule has 0 saturated heterocycles. The van der Waals surface area contributed by atoms with Crippen molar-refractivity contribution in [3.63, 3.8) is 0 Å². The Kier molecular flexibility index (Phi) is 3.93. The third kappa shape index (κ3) is 3.27. The zero-order valence-electron chi connectivity index (χ0n) is 10.3. The van der Waals surface area contributed by atoms with Gasteiger partial charge in [-0.05, 0) is 30.2 Å². The molecule has 1 fully saturated rings. The third-order valence-corrected chi connectivity index (χ3v) is 3.58. The van der Waals surface area contributed by atoms with E-state index < -0.39 is 4.92 Å². The Morgan fingerprint density at radius 2 is 2.00 bits per heavy atom. The maximum atomic E-state index is 10.5. The topological polar surface area (TPSA) is 75.4 Å². The molecule has 1 aliphatic rings. The quantitative estimate of drug-likeness (QED) is 0.572. The molecular weight excluding hydrogens is 232 g/mol. The molecule has 18 heavy (non-hydrogen) atoms. The Labute approximate surface area is 106 Å². The highest BCUT2D eigenvalue weighted by Gasteiger charge is 2.41. The van der Waals surface area contributed by atoms with Gasteiger partial charge in [0.15, 0.2) is 0 Å². The minimum atomic E-state index is -0.391. The first-order chi connectivity index (χ1) is 8.65. The van der Waals surface area contributed by atoms with Crippen LogP contribution in [0.3, 0.4) is 0 Å². The fraction of sp³-hybridized carbons (Fsp3) is 0.538. The zero-order valence-corrected chi connectivity index (χ0v) is 10.3. The van der Waals surface area contributed by atoms with Crippen molar-refractivity contribution < 1.29 is 10.0 Å². The van der Waals surface area contributed by atoms with Crippen molar-refractivity contribution in [3.8, 4) is 0 Å². The molecule has 1 saturated carbocycles. The van der Waals surface area contributed by atoms with Gasteiger partial charge in [-0.3, -0.25) is 10.1 Å². The Hall–Kier alpha value is -1.46. The zero-order chi connectivity index (χ0) is 13.0. The lowest BCUT2D eigenvalue weighted by Crippen LogP contribution is -2.24. The number of aliphatic hydroxyl groups is 1. The first kappa shape index (κ1) is 13.0. The summed E-state index contributed by atoms with van der Waals surface area (Å²) < 4.78 is 0. The van der Waals surface area contributed by atoms with Crippen LogP contribution in [0.4, 0.5) is 5.69 Å². The van der Waals surface area contributed by atoms with Crippen LogP contribution >= 0.6 is 0 Å². The van der Waals surface area contributed by atoms with E-state index in [4.69, 9.17) is 5.11 Å². The molecule has 0 spiro atoms. The van der Waals surface area contributed by atoms with E-state index in [1.165, 1.54) is 25.0 Å². The summed E-state index contributed by atoms with van der Waals surface area (Å²) in [5.41, 5.74) is 1.47. The molecule has 0 atom stereocenters. The van der Waals surface area contributed by atoms with Crippen LogP contribution in [0.1, 0.15) is 24.8 Å². The van der Waals surface area contributed by atoms with Crippen LogP contribution in [-0.2, 0) is 6.54 Å². The smallest absolute Gasteiger partial charge is 0.269 e. The van der Waals surface area contributed by atoms with Gasteiger partial charge in [0.25, 0.3) is 5.69 Å². The summed E-state index contributed by atoms with van der Waals surface area (Å²) in [7, 11) is 0. The van der Waals surface area contributed by atoms with Gasteiger partial charge in [-0.15, -0.1) is 0 Å². The molecule has 5 nitrogen and oxygen atoms in total. The minimum absolute atomic E-state index is 0.123. The lowest BCUT2D eigenvalue weighted by atomic mass is 10.0. The average molecular weight is 250 g/mol. The highest BCUT2D eigenvalue weighted by molar-refractivity contribution is 5.32. The number of nitrogens with zero attached hydrogens (tertiary/aromatic N) is 1. The van der Waals surface area contributed by atoms with Crippen molar-refractivity contribution in [1.29, 1.82) is 0 Å². The first-order valence-corrected chi connectivity index (χ1v) is 6.20. The van der Waals surface area contributed by atoms with Gasteiger partial charge in [-0.1, -0.05) is 12.1 Å². The van der Waals surface area contributed by atoms with Gasteiger partial charge in [0.05, 0.1) is 4.92 Å². The molecule has 0 aliphatic heterocycles. The molecule has 2 N–H and O–H groups in total. The van der Waals surface area contributed by atoms with Gasteiger partial charge >= 0.3 is 0 Å². The molecule has 0 heterocycles. The van der Waals surface area contributed by atoms with E-state index in [1.807, 2.05) is 0 Å². The van der Waals surface area contributed by atoms with Gasteiger partial charge in [-0.2, -0.15) is 0 Å². The normalized spacial score (nSPS) is 16.5. The number of nitro groups is 1. The maximum Gasteiger partial charge on any atom is 0.269 e. The summed E-state index contributed by atoms with van der Waals surface area (Å²) in [6, 6.07) is 6.60.